The Bertz CT molecular complexity index is 397. The van der Waals surface area contributed by atoms with E-state index in [-0.39, 0.29) is 11.8 Å². The Kier molecular flexibility index (Phi) is 4.36. The normalized spacial score (nSPS) is 24.1. The second kappa shape index (κ2) is 5.80. The number of carbonyl (C=O) groups is 1. The summed E-state index contributed by atoms with van der Waals surface area (Å²) in [7, 11) is 0. The van der Waals surface area contributed by atoms with Gasteiger partial charge in [-0.15, -0.1) is 11.3 Å². The molecular weight excluding hydrogens is 260 g/mol. The van der Waals surface area contributed by atoms with E-state index in [0.29, 0.717) is 10.9 Å². The average Bonchev–Trinajstić information content (AvgIpc) is 2.87. The van der Waals surface area contributed by atoms with Crippen molar-refractivity contribution >= 4 is 28.9 Å². The molecule has 0 bridgehead atoms. The first kappa shape index (κ1) is 12.8. The molecule has 2 N–H and O–H groups in total. The van der Waals surface area contributed by atoms with Crippen LogP contribution in [-0.2, 0) is 11.3 Å². The molecule has 1 aromatic heterocycles. The molecule has 2 unspecified atom stereocenters. The summed E-state index contributed by atoms with van der Waals surface area (Å²) in [6, 6.07) is 0. The first-order valence-electron chi connectivity index (χ1n) is 5.70. The van der Waals surface area contributed by atoms with Gasteiger partial charge in [-0.3, -0.25) is 4.79 Å². The minimum atomic E-state index is -0.661. The van der Waals surface area contributed by atoms with Crippen LogP contribution in [0.15, 0.2) is 6.20 Å². The second-order valence-corrected chi connectivity index (χ2v) is 6.07. The highest BCUT2D eigenvalue weighted by atomic mass is 35.5. The van der Waals surface area contributed by atoms with Gasteiger partial charge in [0.1, 0.15) is 9.34 Å². The summed E-state index contributed by atoms with van der Waals surface area (Å²) in [5.41, 5.74) is 0. The van der Waals surface area contributed by atoms with Crippen LogP contribution in [0.25, 0.3) is 0 Å². The van der Waals surface area contributed by atoms with E-state index in [0.717, 1.165) is 30.8 Å². The van der Waals surface area contributed by atoms with Crippen molar-refractivity contribution in [2.75, 3.05) is 6.54 Å². The Labute approximate surface area is 109 Å². The van der Waals surface area contributed by atoms with Gasteiger partial charge < -0.3 is 10.4 Å². The molecule has 0 saturated heterocycles. The lowest BCUT2D eigenvalue weighted by molar-refractivity contribution is -0.142. The van der Waals surface area contributed by atoms with E-state index in [1.165, 1.54) is 11.3 Å². The number of carboxylic acid groups (broad SMARTS) is 1. The number of halogens is 1. The zero-order valence-electron chi connectivity index (χ0n) is 9.36. The number of carboxylic acids is 1. The number of nitrogens with one attached hydrogen (secondary N) is 1. The summed E-state index contributed by atoms with van der Waals surface area (Å²) < 4.78 is 0.686. The number of rotatable bonds is 5. The summed E-state index contributed by atoms with van der Waals surface area (Å²) in [4.78, 5) is 15.1. The van der Waals surface area contributed by atoms with Crippen molar-refractivity contribution in [2.24, 2.45) is 11.8 Å². The maximum atomic E-state index is 11.0. The van der Waals surface area contributed by atoms with Crippen molar-refractivity contribution in [1.29, 1.82) is 0 Å². The summed E-state index contributed by atoms with van der Waals surface area (Å²) >= 11 is 7.23. The van der Waals surface area contributed by atoms with Gasteiger partial charge in [-0.2, -0.15) is 0 Å². The molecule has 1 heterocycles. The Hall–Kier alpha value is -0.650. The third-order valence-corrected chi connectivity index (χ3v) is 4.30. The molecule has 1 fully saturated rings. The topological polar surface area (TPSA) is 62.2 Å². The molecule has 2 rings (SSSR count). The van der Waals surface area contributed by atoms with Crippen LogP contribution in [-0.4, -0.2) is 22.6 Å². The van der Waals surface area contributed by atoms with Crippen LogP contribution in [0.2, 0.25) is 4.34 Å². The van der Waals surface area contributed by atoms with E-state index in [2.05, 4.69) is 10.3 Å². The third-order valence-electron chi connectivity index (χ3n) is 3.18. The Balaban J connectivity index is 1.76. The van der Waals surface area contributed by atoms with E-state index < -0.39 is 5.97 Å². The lowest BCUT2D eigenvalue weighted by atomic mass is 9.96. The van der Waals surface area contributed by atoms with Gasteiger partial charge in [0.05, 0.1) is 12.1 Å². The minimum Gasteiger partial charge on any atom is -0.481 e. The molecule has 4 nitrogen and oxygen atoms in total. The van der Waals surface area contributed by atoms with Gasteiger partial charge in [0.2, 0.25) is 0 Å². The molecule has 6 heteroatoms. The first-order valence-corrected chi connectivity index (χ1v) is 6.90. The van der Waals surface area contributed by atoms with Gasteiger partial charge in [-0.1, -0.05) is 18.0 Å². The highest BCUT2D eigenvalue weighted by molar-refractivity contribution is 7.15. The molecule has 0 aromatic carbocycles. The monoisotopic (exact) mass is 274 g/mol. The predicted molar refractivity (Wildman–Crippen MR) is 67.3 cm³/mol. The van der Waals surface area contributed by atoms with Crippen LogP contribution in [0.4, 0.5) is 0 Å². The summed E-state index contributed by atoms with van der Waals surface area (Å²) in [6.45, 7) is 1.41. The summed E-state index contributed by atoms with van der Waals surface area (Å²) in [5, 5.41) is 13.3. The van der Waals surface area contributed by atoms with E-state index >= 15 is 0 Å². The van der Waals surface area contributed by atoms with Gasteiger partial charge in [0, 0.05) is 6.54 Å². The van der Waals surface area contributed by atoms with Crippen molar-refractivity contribution in [3.8, 4) is 0 Å². The molecule has 1 aliphatic rings. The standard InChI is InChI=1S/C11H15ClN2O2S/c12-9-5-14-10(17-9)6-13-4-7-2-1-3-8(7)11(15)16/h5,7-8,13H,1-4,6H2,(H,15,16). The highest BCUT2D eigenvalue weighted by Crippen LogP contribution is 2.31. The van der Waals surface area contributed by atoms with Gasteiger partial charge in [-0.05, 0) is 25.3 Å². The zero-order valence-corrected chi connectivity index (χ0v) is 10.9. The zero-order chi connectivity index (χ0) is 12.3. The van der Waals surface area contributed by atoms with Crippen LogP contribution < -0.4 is 5.32 Å². The number of thiazole rings is 1. The molecule has 0 amide bonds. The van der Waals surface area contributed by atoms with Crippen molar-refractivity contribution < 1.29 is 9.90 Å². The molecule has 94 valence electrons. The fourth-order valence-electron chi connectivity index (χ4n) is 2.34. The second-order valence-electron chi connectivity index (χ2n) is 4.32. The molecule has 0 radical (unpaired) electrons. The molecular formula is C11H15ClN2O2S. The number of nitrogens with zero attached hydrogens (tertiary/aromatic N) is 1. The lowest BCUT2D eigenvalue weighted by Gasteiger charge is -2.15. The van der Waals surface area contributed by atoms with Crippen molar-refractivity contribution in [3.63, 3.8) is 0 Å². The predicted octanol–water partition coefficient (Wildman–Crippen LogP) is 2.39. The van der Waals surface area contributed by atoms with Crippen LogP contribution >= 0.6 is 22.9 Å². The third kappa shape index (κ3) is 3.40. The number of hydrogen-bond acceptors (Lipinski definition) is 4. The van der Waals surface area contributed by atoms with Crippen LogP contribution in [0, 0.1) is 11.8 Å². The highest BCUT2D eigenvalue weighted by Gasteiger charge is 2.32. The van der Waals surface area contributed by atoms with Crippen molar-refractivity contribution in [1.82, 2.24) is 10.3 Å². The number of hydrogen-bond donors (Lipinski definition) is 2. The van der Waals surface area contributed by atoms with Crippen LogP contribution in [0.1, 0.15) is 24.3 Å². The largest absolute Gasteiger partial charge is 0.481 e. The van der Waals surface area contributed by atoms with Crippen LogP contribution in [0.5, 0.6) is 0 Å². The number of aromatic nitrogens is 1. The molecule has 17 heavy (non-hydrogen) atoms. The Morgan fingerprint density at radius 1 is 1.65 bits per heavy atom. The molecule has 2 atom stereocenters. The minimum absolute atomic E-state index is 0.178. The Morgan fingerprint density at radius 3 is 3.12 bits per heavy atom. The lowest BCUT2D eigenvalue weighted by Crippen LogP contribution is -2.28. The van der Waals surface area contributed by atoms with Gasteiger partial charge in [0.15, 0.2) is 0 Å². The SMILES string of the molecule is O=C(O)C1CCCC1CNCc1ncc(Cl)s1. The molecule has 1 saturated carbocycles. The van der Waals surface area contributed by atoms with Gasteiger partial charge >= 0.3 is 5.97 Å². The summed E-state index contributed by atoms with van der Waals surface area (Å²) in [5.74, 6) is -0.586. The maximum absolute atomic E-state index is 11.0. The molecule has 0 spiro atoms. The smallest absolute Gasteiger partial charge is 0.306 e. The summed E-state index contributed by atoms with van der Waals surface area (Å²) in [6.07, 6.45) is 4.47. The van der Waals surface area contributed by atoms with E-state index in [1.54, 1.807) is 6.20 Å². The maximum Gasteiger partial charge on any atom is 0.306 e. The average molecular weight is 275 g/mol. The fourth-order valence-corrected chi connectivity index (χ4v) is 3.27. The Morgan fingerprint density at radius 2 is 2.47 bits per heavy atom. The van der Waals surface area contributed by atoms with E-state index in [1.807, 2.05) is 0 Å². The number of aliphatic carboxylic acids is 1. The van der Waals surface area contributed by atoms with Gasteiger partial charge in [-0.25, -0.2) is 4.98 Å². The molecule has 1 aliphatic carbocycles. The fraction of sp³-hybridized carbons (Fsp3) is 0.636. The van der Waals surface area contributed by atoms with Crippen LogP contribution in [0.3, 0.4) is 0 Å². The van der Waals surface area contributed by atoms with Crippen molar-refractivity contribution in [3.05, 3.63) is 15.5 Å². The van der Waals surface area contributed by atoms with Gasteiger partial charge in [0.25, 0.3) is 0 Å². The quantitative estimate of drug-likeness (QED) is 0.865. The first-order chi connectivity index (χ1) is 8.16. The van der Waals surface area contributed by atoms with Crippen molar-refractivity contribution in [2.45, 2.75) is 25.8 Å². The van der Waals surface area contributed by atoms with E-state index in [4.69, 9.17) is 16.7 Å². The molecule has 0 aliphatic heterocycles. The van der Waals surface area contributed by atoms with E-state index in [9.17, 15) is 4.79 Å². The molecule has 1 aromatic rings.